The lowest BCUT2D eigenvalue weighted by Crippen LogP contribution is -2.35. The van der Waals surface area contributed by atoms with Gasteiger partial charge in [-0.15, -0.1) is 0 Å². The predicted molar refractivity (Wildman–Crippen MR) is 61.1 cm³/mol. The molecule has 2 unspecified atom stereocenters. The molecule has 0 aliphatic rings. The van der Waals surface area contributed by atoms with E-state index in [1.165, 1.54) is 0 Å². The molecule has 0 radical (unpaired) electrons. The minimum absolute atomic E-state index is 0.127. The highest BCUT2D eigenvalue weighted by Crippen LogP contribution is 2.18. The van der Waals surface area contributed by atoms with Gasteiger partial charge in [-0.3, -0.25) is 4.79 Å². The zero-order valence-electron chi connectivity index (χ0n) is 9.84. The van der Waals surface area contributed by atoms with E-state index in [2.05, 4.69) is 5.32 Å². The molecule has 94 valence electrons. The van der Waals surface area contributed by atoms with Crippen LogP contribution in [0.4, 0.5) is 8.78 Å². The van der Waals surface area contributed by atoms with Gasteiger partial charge in [0, 0.05) is 18.0 Å². The summed E-state index contributed by atoms with van der Waals surface area (Å²) >= 11 is 0. The van der Waals surface area contributed by atoms with Crippen LogP contribution in [0.2, 0.25) is 0 Å². The first-order valence-corrected chi connectivity index (χ1v) is 5.41. The molecule has 5 heteroatoms. The number of carbonyl (C=O) groups is 1. The highest BCUT2D eigenvalue weighted by Gasteiger charge is 2.17. The van der Waals surface area contributed by atoms with Crippen molar-refractivity contribution >= 4 is 5.91 Å². The first-order chi connectivity index (χ1) is 7.95. The molecule has 3 N–H and O–H groups in total. The molecule has 1 aromatic rings. The molecule has 1 amide bonds. The normalized spacial score (nSPS) is 14.2. The summed E-state index contributed by atoms with van der Waals surface area (Å²) in [5.41, 5.74) is 5.47. The molecular formula is C12H16F2N2O. The Morgan fingerprint density at radius 1 is 1.41 bits per heavy atom. The second-order valence-electron chi connectivity index (χ2n) is 4.03. The summed E-state index contributed by atoms with van der Waals surface area (Å²) in [6.07, 6.45) is 0. The molecule has 0 saturated heterocycles. The molecule has 17 heavy (non-hydrogen) atoms. The Labute approximate surface area is 99.0 Å². The quantitative estimate of drug-likeness (QED) is 0.845. The fourth-order valence-corrected chi connectivity index (χ4v) is 1.39. The minimum Gasteiger partial charge on any atom is -0.349 e. The van der Waals surface area contributed by atoms with E-state index in [1.807, 2.05) is 0 Å². The predicted octanol–water partition coefficient (Wildman–Crippen LogP) is 1.74. The maximum Gasteiger partial charge on any atom is 0.224 e. The molecule has 2 atom stereocenters. The van der Waals surface area contributed by atoms with Crippen LogP contribution in [0.15, 0.2) is 18.2 Å². The summed E-state index contributed by atoms with van der Waals surface area (Å²) in [4.78, 5) is 11.5. The molecule has 0 aliphatic heterocycles. The third-order valence-electron chi connectivity index (χ3n) is 2.58. The fourth-order valence-electron chi connectivity index (χ4n) is 1.39. The van der Waals surface area contributed by atoms with E-state index in [9.17, 15) is 13.6 Å². The van der Waals surface area contributed by atoms with E-state index >= 15 is 0 Å². The zero-order chi connectivity index (χ0) is 13.0. The average Bonchev–Trinajstić information content (AvgIpc) is 2.30. The van der Waals surface area contributed by atoms with Crippen LogP contribution in [0.1, 0.15) is 25.5 Å². The number of nitrogens with one attached hydrogen (secondary N) is 1. The highest BCUT2D eigenvalue weighted by molar-refractivity contribution is 5.78. The van der Waals surface area contributed by atoms with Crippen LogP contribution in [0.5, 0.6) is 0 Å². The van der Waals surface area contributed by atoms with Crippen LogP contribution in [-0.4, -0.2) is 12.5 Å². The largest absolute Gasteiger partial charge is 0.349 e. The monoisotopic (exact) mass is 242 g/mol. The van der Waals surface area contributed by atoms with Crippen molar-refractivity contribution in [2.45, 2.75) is 19.9 Å². The zero-order valence-corrected chi connectivity index (χ0v) is 9.84. The van der Waals surface area contributed by atoms with E-state index in [-0.39, 0.29) is 23.9 Å². The van der Waals surface area contributed by atoms with Crippen molar-refractivity contribution < 1.29 is 13.6 Å². The minimum atomic E-state index is -0.591. The summed E-state index contributed by atoms with van der Waals surface area (Å²) < 4.78 is 26.4. The molecule has 0 bridgehead atoms. The Hall–Kier alpha value is -1.49. The van der Waals surface area contributed by atoms with Gasteiger partial charge in [-0.2, -0.15) is 0 Å². The van der Waals surface area contributed by atoms with Gasteiger partial charge in [0.15, 0.2) is 0 Å². The van der Waals surface area contributed by atoms with Gasteiger partial charge in [0.1, 0.15) is 11.6 Å². The van der Waals surface area contributed by atoms with Crippen molar-refractivity contribution in [1.29, 1.82) is 0 Å². The van der Waals surface area contributed by atoms with Crippen molar-refractivity contribution in [3.63, 3.8) is 0 Å². The van der Waals surface area contributed by atoms with Crippen LogP contribution in [0, 0.1) is 17.6 Å². The number of amides is 1. The number of hydrogen-bond acceptors (Lipinski definition) is 2. The topological polar surface area (TPSA) is 55.1 Å². The Morgan fingerprint density at radius 2 is 2.06 bits per heavy atom. The molecule has 0 aromatic heterocycles. The summed E-state index contributed by atoms with van der Waals surface area (Å²) in [6, 6.07) is 2.57. The van der Waals surface area contributed by atoms with E-state index in [0.29, 0.717) is 0 Å². The molecule has 0 saturated carbocycles. The number of halogens is 2. The van der Waals surface area contributed by atoms with E-state index in [1.54, 1.807) is 13.8 Å². The molecule has 1 rings (SSSR count). The lowest BCUT2D eigenvalue weighted by atomic mass is 10.1. The lowest BCUT2D eigenvalue weighted by Gasteiger charge is -2.17. The number of nitrogens with two attached hydrogens (primary N) is 1. The number of hydrogen-bond donors (Lipinski definition) is 2. The smallest absolute Gasteiger partial charge is 0.224 e. The lowest BCUT2D eigenvalue weighted by molar-refractivity contribution is -0.124. The van der Waals surface area contributed by atoms with Crippen molar-refractivity contribution in [3.05, 3.63) is 35.4 Å². The van der Waals surface area contributed by atoms with Gasteiger partial charge in [0.05, 0.1) is 6.04 Å². The van der Waals surface area contributed by atoms with Gasteiger partial charge < -0.3 is 11.1 Å². The second kappa shape index (κ2) is 5.72. The molecule has 0 spiro atoms. The molecule has 0 heterocycles. The van der Waals surface area contributed by atoms with Crippen molar-refractivity contribution in [1.82, 2.24) is 5.32 Å². The van der Waals surface area contributed by atoms with Gasteiger partial charge in [-0.25, -0.2) is 8.78 Å². The number of rotatable bonds is 4. The maximum absolute atomic E-state index is 13.4. The van der Waals surface area contributed by atoms with Crippen LogP contribution < -0.4 is 11.1 Å². The Kier molecular flexibility index (Phi) is 4.57. The van der Waals surface area contributed by atoms with Crippen molar-refractivity contribution in [2.75, 3.05) is 6.54 Å². The van der Waals surface area contributed by atoms with Gasteiger partial charge in [-0.05, 0) is 25.1 Å². The standard InChI is InChI=1S/C12H16F2N2O/c1-7(6-15)12(17)16-8(2)10-5-9(13)3-4-11(10)14/h3-5,7-8H,6,15H2,1-2H3,(H,16,17). The fraction of sp³-hybridized carbons (Fsp3) is 0.417. The van der Waals surface area contributed by atoms with E-state index in [0.717, 1.165) is 18.2 Å². The first-order valence-electron chi connectivity index (χ1n) is 5.41. The van der Waals surface area contributed by atoms with Crippen LogP contribution in [0.25, 0.3) is 0 Å². The summed E-state index contributed by atoms with van der Waals surface area (Å²) in [7, 11) is 0. The molecule has 0 aliphatic carbocycles. The molecule has 3 nitrogen and oxygen atoms in total. The first kappa shape index (κ1) is 13.6. The van der Waals surface area contributed by atoms with Gasteiger partial charge >= 0.3 is 0 Å². The van der Waals surface area contributed by atoms with E-state index in [4.69, 9.17) is 5.73 Å². The second-order valence-corrected chi connectivity index (χ2v) is 4.03. The van der Waals surface area contributed by atoms with Crippen LogP contribution in [-0.2, 0) is 4.79 Å². The molecule has 0 fully saturated rings. The number of benzene rings is 1. The Morgan fingerprint density at radius 3 is 2.65 bits per heavy atom. The van der Waals surface area contributed by atoms with E-state index < -0.39 is 17.7 Å². The van der Waals surface area contributed by atoms with Crippen molar-refractivity contribution in [3.8, 4) is 0 Å². The third kappa shape index (κ3) is 3.49. The third-order valence-corrected chi connectivity index (χ3v) is 2.58. The van der Waals surface area contributed by atoms with Gasteiger partial charge in [-0.1, -0.05) is 6.92 Å². The maximum atomic E-state index is 13.4. The molecular weight excluding hydrogens is 226 g/mol. The Bertz CT molecular complexity index is 409. The van der Waals surface area contributed by atoms with Crippen LogP contribution >= 0.6 is 0 Å². The molecule has 1 aromatic carbocycles. The van der Waals surface area contributed by atoms with Gasteiger partial charge in [0.2, 0.25) is 5.91 Å². The SMILES string of the molecule is CC(CN)C(=O)NC(C)c1cc(F)ccc1F. The summed E-state index contributed by atoms with van der Waals surface area (Å²) in [5.74, 6) is -1.70. The Balaban J connectivity index is 2.79. The summed E-state index contributed by atoms with van der Waals surface area (Å²) in [6.45, 7) is 3.48. The van der Waals surface area contributed by atoms with Crippen LogP contribution in [0.3, 0.4) is 0 Å². The van der Waals surface area contributed by atoms with Crippen molar-refractivity contribution in [2.24, 2.45) is 11.7 Å². The average molecular weight is 242 g/mol. The highest BCUT2D eigenvalue weighted by atomic mass is 19.1. The number of carbonyl (C=O) groups excluding carboxylic acids is 1. The summed E-state index contributed by atoms with van der Waals surface area (Å²) in [5, 5.41) is 2.59. The van der Waals surface area contributed by atoms with Gasteiger partial charge in [0.25, 0.3) is 0 Å².